The smallest absolute Gasteiger partial charge is 0.251 e. The van der Waals surface area contributed by atoms with E-state index in [0.29, 0.717) is 6.07 Å². The molecule has 1 aromatic rings. The molecule has 0 aliphatic carbocycles. The third-order valence-corrected chi connectivity index (χ3v) is 1.27. The second-order valence-corrected chi connectivity index (χ2v) is 2.21. The van der Waals surface area contributed by atoms with E-state index in [9.17, 15) is 17.6 Å². The van der Waals surface area contributed by atoms with Crippen molar-refractivity contribution in [1.82, 2.24) is 4.98 Å². The zero-order chi connectivity index (χ0) is 9.84. The first-order valence-electron chi connectivity index (χ1n) is 3.46. The van der Waals surface area contributed by atoms with Gasteiger partial charge < -0.3 is 5.32 Å². The summed E-state index contributed by atoms with van der Waals surface area (Å²) in [6.45, 7) is -0.949. The summed E-state index contributed by atoms with van der Waals surface area (Å²) in [5, 5.41) is 2.16. The predicted octanol–water partition coefficient (Wildman–Crippen LogP) is 1.88. The van der Waals surface area contributed by atoms with Gasteiger partial charge in [0.15, 0.2) is 17.5 Å². The van der Waals surface area contributed by atoms with Crippen molar-refractivity contribution in [1.29, 1.82) is 0 Å². The lowest BCUT2D eigenvalue weighted by Crippen LogP contribution is -2.08. The molecular formula is C7H6F4N2. The number of halogens is 4. The van der Waals surface area contributed by atoms with Gasteiger partial charge in [-0.3, -0.25) is 0 Å². The lowest BCUT2D eigenvalue weighted by atomic mass is 10.4. The third kappa shape index (κ3) is 2.30. The zero-order valence-corrected chi connectivity index (χ0v) is 6.45. The van der Waals surface area contributed by atoms with Gasteiger partial charge in [0.25, 0.3) is 5.95 Å². The average Bonchev–Trinajstić information content (AvgIpc) is 2.09. The highest BCUT2D eigenvalue weighted by Gasteiger charge is 2.10. The Labute approximate surface area is 71.6 Å². The fraction of sp³-hybridized carbons (Fsp3) is 0.286. The molecule has 0 atom stereocenters. The van der Waals surface area contributed by atoms with Gasteiger partial charge in [0, 0.05) is 12.6 Å². The van der Waals surface area contributed by atoms with Crippen LogP contribution in [0.3, 0.4) is 0 Å². The number of nitrogens with one attached hydrogen (secondary N) is 1. The largest absolute Gasteiger partial charge is 0.365 e. The summed E-state index contributed by atoms with van der Waals surface area (Å²) in [7, 11) is 0. The van der Waals surface area contributed by atoms with Crippen molar-refractivity contribution in [3.8, 4) is 0 Å². The van der Waals surface area contributed by atoms with E-state index < -0.39 is 30.1 Å². The molecule has 0 unspecified atom stereocenters. The number of anilines is 1. The summed E-state index contributed by atoms with van der Waals surface area (Å²) in [5.74, 6) is -4.32. The van der Waals surface area contributed by atoms with Crippen LogP contribution in [-0.2, 0) is 0 Å². The van der Waals surface area contributed by atoms with Gasteiger partial charge in [-0.05, 0) is 0 Å². The van der Waals surface area contributed by atoms with E-state index in [1.807, 2.05) is 0 Å². The number of rotatable bonds is 3. The zero-order valence-electron chi connectivity index (χ0n) is 6.45. The fourth-order valence-electron chi connectivity index (χ4n) is 0.734. The Kier molecular flexibility index (Phi) is 3.05. The summed E-state index contributed by atoms with van der Waals surface area (Å²) in [5.41, 5.74) is 0. The van der Waals surface area contributed by atoms with Gasteiger partial charge in [-0.25, -0.2) is 13.2 Å². The predicted molar refractivity (Wildman–Crippen MR) is 38.6 cm³/mol. The molecule has 1 heterocycles. The van der Waals surface area contributed by atoms with Gasteiger partial charge in [0.2, 0.25) is 0 Å². The Morgan fingerprint density at radius 2 is 1.92 bits per heavy atom. The molecule has 0 radical (unpaired) electrons. The van der Waals surface area contributed by atoms with Crippen LogP contribution >= 0.6 is 0 Å². The monoisotopic (exact) mass is 194 g/mol. The number of alkyl halides is 1. The topological polar surface area (TPSA) is 24.9 Å². The second-order valence-electron chi connectivity index (χ2n) is 2.21. The summed E-state index contributed by atoms with van der Waals surface area (Å²) in [4.78, 5) is 2.92. The molecule has 1 rings (SSSR count). The summed E-state index contributed by atoms with van der Waals surface area (Å²) in [6, 6.07) is 0.350. The first-order chi connectivity index (χ1) is 6.15. The molecule has 6 heteroatoms. The van der Waals surface area contributed by atoms with E-state index in [1.165, 1.54) is 0 Å². The number of nitrogens with zero attached hydrogens (tertiary/aromatic N) is 1. The van der Waals surface area contributed by atoms with E-state index in [1.54, 1.807) is 0 Å². The van der Waals surface area contributed by atoms with Crippen LogP contribution in [0, 0.1) is 17.6 Å². The van der Waals surface area contributed by atoms with E-state index in [2.05, 4.69) is 10.3 Å². The number of pyridine rings is 1. The van der Waals surface area contributed by atoms with Crippen molar-refractivity contribution in [3.05, 3.63) is 23.6 Å². The first-order valence-corrected chi connectivity index (χ1v) is 3.46. The third-order valence-electron chi connectivity index (χ3n) is 1.27. The molecule has 72 valence electrons. The van der Waals surface area contributed by atoms with Crippen LogP contribution < -0.4 is 5.32 Å². The van der Waals surface area contributed by atoms with Gasteiger partial charge in [-0.15, -0.1) is 0 Å². The molecule has 1 N–H and O–H groups in total. The van der Waals surface area contributed by atoms with Crippen molar-refractivity contribution in [3.63, 3.8) is 0 Å². The molecule has 0 bridgehead atoms. The molecule has 2 nitrogen and oxygen atoms in total. The van der Waals surface area contributed by atoms with E-state index in [0.717, 1.165) is 0 Å². The Bertz CT molecular complexity index is 303. The van der Waals surface area contributed by atoms with E-state index >= 15 is 0 Å². The Balaban J connectivity index is 2.88. The molecule has 0 fully saturated rings. The number of hydrogen-bond donors (Lipinski definition) is 1. The number of aromatic nitrogens is 1. The lowest BCUT2D eigenvalue weighted by Gasteiger charge is -2.03. The second kappa shape index (κ2) is 4.06. The molecule has 0 aliphatic heterocycles. The minimum Gasteiger partial charge on any atom is -0.365 e. The molecule has 1 aromatic heterocycles. The van der Waals surface area contributed by atoms with E-state index in [-0.39, 0.29) is 6.54 Å². The Morgan fingerprint density at radius 3 is 2.54 bits per heavy atom. The van der Waals surface area contributed by atoms with Crippen molar-refractivity contribution in [2.75, 3.05) is 18.5 Å². The van der Waals surface area contributed by atoms with Crippen LogP contribution in [0.2, 0.25) is 0 Å². The standard InChI is InChI=1S/C7H6F4N2/c8-1-2-12-7-5(10)3-4(9)6(11)13-7/h3H,1-2H2,(H,12,13). The molecule has 0 amide bonds. The quantitative estimate of drug-likeness (QED) is 0.587. The summed E-state index contributed by atoms with van der Waals surface area (Å²) >= 11 is 0. The Morgan fingerprint density at radius 1 is 1.23 bits per heavy atom. The maximum Gasteiger partial charge on any atom is 0.251 e. The minimum atomic E-state index is -1.41. The average molecular weight is 194 g/mol. The van der Waals surface area contributed by atoms with Crippen LogP contribution in [0.1, 0.15) is 0 Å². The SMILES string of the molecule is FCCNc1nc(F)c(F)cc1F. The fourth-order valence-corrected chi connectivity index (χ4v) is 0.734. The highest BCUT2D eigenvalue weighted by molar-refractivity contribution is 5.35. The van der Waals surface area contributed by atoms with Crippen molar-refractivity contribution in [2.45, 2.75) is 0 Å². The summed E-state index contributed by atoms with van der Waals surface area (Å²) < 4.78 is 49.0. The van der Waals surface area contributed by atoms with Crippen LogP contribution in [0.5, 0.6) is 0 Å². The van der Waals surface area contributed by atoms with Crippen LogP contribution in [-0.4, -0.2) is 18.2 Å². The highest BCUT2D eigenvalue weighted by Crippen LogP contribution is 2.13. The van der Waals surface area contributed by atoms with Crippen LogP contribution in [0.4, 0.5) is 23.4 Å². The maximum atomic E-state index is 12.7. The van der Waals surface area contributed by atoms with Crippen molar-refractivity contribution >= 4 is 5.82 Å². The highest BCUT2D eigenvalue weighted by atomic mass is 19.2. The van der Waals surface area contributed by atoms with Gasteiger partial charge >= 0.3 is 0 Å². The maximum absolute atomic E-state index is 12.7. The van der Waals surface area contributed by atoms with Gasteiger partial charge in [0.05, 0.1) is 0 Å². The van der Waals surface area contributed by atoms with Crippen molar-refractivity contribution in [2.24, 2.45) is 0 Å². The van der Waals surface area contributed by atoms with Gasteiger partial charge in [0.1, 0.15) is 6.67 Å². The minimum absolute atomic E-state index is 0.199. The lowest BCUT2D eigenvalue weighted by molar-refractivity contribution is 0.464. The summed E-state index contributed by atoms with van der Waals surface area (Å²) in [6.07, 6.45) is 0. The first kappa shape index (κ1) is 9.76. The van der Waals surface area contributed by atoms with Gasteiger partial charge in [-0.2, -0.15) is 9.37 Å². The van der Waals surface area contributed by atoms with Gasteiger partial charge in [-0.1, -0.05) is 0 Å². The molecular weight excluding hydrogens is 188 g/mol. The van der Waals surface area contributed by atoms with Crippen LogP contribution in [0.15, 0.2) is 6.07 Å². The van der Waals surface area contributed by atoms with E-state index in [4.69, 9.17) is 0 Å². The molecule has 0 aromatic carbocycles. The molecule has 0 saturated carbocycles. The molecule has 0 spiro atoms. The normalized spacial score (nSPS) is 10.2. The van der Waals surface area contributed by atoms with Crippen LogP contribution in [0.25, 0.3) is 0 Å². The molecule has 0 saturated heterocycles. The molecule has 0 aliphatic rings. The number of hydrogen-bond acceptors (Lipinski definition) is 2. The Hall–Kier alpha value is -1.33. The molecule has 13 heavy (non-hydrogen) atoms. The van der Waals surface area contributed by atoms with Crippen molar-refractivity contribution < 1.29 is 17.6 Å².